The first-order valence-corrected chi connectivity index (χ1v) is 9.64. The zero-order valence-corrected chi connectivity index (χ0v) is 16.6. The second-order valence-electron chi connectivity index (χ2n) is 7.08. The van der Waals surface area contributed by atoms with Crippen LogP contribution in [0, 0.1) is 0 Å². The van der Waals surface area contributed by atoms with Gasteiger partial charge < -0.3 is 19.7 Å². The van der Waals surface area contributed by atoms with Gasteiger partial charge >= 0.3 is 6.03 Å². The van der Waals surface area contributed by atoms with Crippen molar-refractivity contribution in [3.63, 3.8) is 0 Å². The molecule has 0 unspecified atom stereocenters. The average molecular weight is 388 g/mol. The highest BCUT2D eigenvalue weighted by Crippen LogP contribution is 2.37. The topological polar surface area (TPSA) is 50.8 Å². The van der Waals surface area contributed by atoms with E-state index in [9.17, 15) is 4.79 Å². The first-order valence-electron chi connectivity index (χ1n) is 9.64. The summed E-state index contributed by atoms with van der Waals surface area (Å²) in [6.45, 7) is 0.893. The maximum Gasteiger partial charge on any atom is 0.321 e. The van der Waals surface area contributed by atoms with E-state index in [1.54, 1.807) is 19.1 Å². The van der Waals surface area contributed by atoms with Crippen molar-refractivity contribution in [3.05, 3.63) is 77.9 Å². The SMILES string of the molecule is COc1ccc(OCCN(C)C(=O)Nc2ccc3c(c2)Cc2ccccc2-3)cc1. The fraction of sp³-hybridized carbons (Fsp3) is 0.208. The van der Waals surface area contributed by atoms with E-state index in [0.29, 0.717) is 13.2 Å². The molecular weight excluding hydrogens is 364 g/mol. The minimum atomic E-state index is -0.154. The van der Waals surface area contributed by atoms with Crippen LogP contribution in [0.15, 0.2) is 66.7 Å². The van der Waals surface area contributed by atoms with Crippen LogP contribution in [0.25, 0.3) is 11.1 Å². The molecule has 2 amide bonds. The molecule has 0 radical (unpaired) electrons. The summed E-state index contributed by atoms with van der Waals surface area (Å²) in [5.41, 5.74) is 5.92. The van der Waals surface area contributed by atoms with Gasteiger partial charge in [-0.2, -0.15) is 0 Å². The number of carbonyl (C=O) groups excluding carboxylic acids is 1. The van der Waals surface area contributed by atoms with Gasteiger partial charge in [0.1, 0.15) is 18.1 Å². The molecule has 0 saturated heterocycles. The quantitative estimate of drug-likeness (QED) is 0.516. The van der Waals surface area contributed by atoms with Crippen molar-refractivity contribution in [3.8, 4) is 22.6 Å². The highest BCUT2D eigenvalue weighted by atomic mass is 16.5. The second kappa shape index (κ2) is 8.27. The molecule has 0 atom stereocenters. The van der Waals surface area contributed by atoms with E-state index in [1.807, 2.05) is 30.3 Å². The van der Waals surface area contributed by atoms with Crippen molar-refractivity contribution in [1.82, 2.24) is 4.90 Å². The summed E-state index contributed by atoms with van der Waals surface area (Å²) in [5, 5.41) is 2.98. The Kier molecular flexibility index (Phi) is 5.38. The number of anilines is 1. The van der Waals surface area contributed by atoms with Gasteiger partial charge in [-0.3, -0.25) is 0 Å². The van der Waals surface area contributed by atoms with Gasteiger partial charge in [-0.05, 0) is 65.1 Å². The fourth-order valence-electron chi connectivity index (χ4n) is 3.52. The predicted molar refractivity (Wildman–Crippen MR) is 115 cm³/mol. The van der Waals surface area contributed by atoms with E-state index < -0.39 is 0 Å². The van der Waals surface area contributed by atoms with Crippen LogP contribution in [-0.4, -0.2) is 38.2 Å². The third kappa shape index (κ3) is 4.19. The molecule has 3 aromatic carbocycles. The molecule has 1 N–H and O–H groups in total. The number of ether oxygens (including phenoxy) is 2. The number of rotatable bonds is 6. The van der Waals surface area contributed by atoms with Crippen LogP contribution >= 0.6 is 0 Å². The number of benzene rings is 3. The molecule has 0 aliphatic heterocycles. The molecule has 1 aliphatic rings. The number of fused-ring (bicyclic) bond motifs is 3. The van der Waals surface area contributed by atoms with Crippen LogP contribution in [0.3, 0.4) is 0 Å². The van der Waals surface area contributed by atoms with Gasteiger partial charge in [0.2, 0.25) is 0 Å². The summed E-state index contributed by atoms with van der Waals surface area (Å²) in [5.74, 6) is 1.53. The smallest absolute Gasteiger partial charge is 0.321 e. The fourth-order valence-corrected chi connectivity index (χ4v) is 3.52. The van der Waals surface area contributed by atoms with Crippen LogP contribution < -0.4 is 14.8 Å². The van der Waals surface area contributed by atoms with Crippen molar-refractivity contribution < 1.29 is 14.3 Å². The molecule has 1 aliphatic carbocycles. The number of likely N-dealkylation sites (N-methyl/N-ethyl adjacent to an activating group) is 1. The molecule has 0 spiro atoms. The second-order valence-corrected chi connectivity index (χ2v) is 7.08. The molecular formula is C24H24N2O3. The van der Waals surface area contributed by atoms with Gasteiger partial charge in [-0.15, -0.1) is 0 Å². The molecule has 0 aromatic heterocycles. The largest absolute Gasteiger partial charge is 0.497 e. The Morgan fingerprint density at radius 2 is 1.69 bits per heavy atom. The minimum Gasteiger partial charge on any atom is -0.497 e. The third-order valence-electron chi connectivity index (χ3n) is 5.15. The number of hydrogen-bond acceptors (Lipinski definition) is 3. The minimum absolute atomic E-state index is 0.154. The van der Waals surface area contributed by atoms with Gasteiger partial charge in [0, 0.05) is 12.7 Å². The zero-order chi connectivity index (χ0) is 20.2. The Balaban J connectivity index is 1.30. The standard InChI is InChI=1S/C24H24N2O3/c1-26(13-14-29-21-10-8-20(28-2)9-11-21)24(27)25-19-7-12-23-18(16-19)15-17-5-3-4-6-22(17)23/h3-12,16H,13-15H2,1-2H3,(H,25,27). The highest BCUT2D eigenvalue weighted by molar-refractivity contribution is 5.90. The Hall–Kier alpha value is -3.47. The third-order valence-corrected chi connectivity index (χ3v) is 5.15. The van der Waals surface area contributed by atoms with Crippen molar-refractivity contribution in [2.45, 2.75) is 6.42 Å². The van der Waals surface area contributed by atoms with E-state index >= 15 is 0 Å². The van der Waals surface area contributed by atoms with Crippen LogP contribution in [0.5, 0.6) is 11.5 Å². The Labute approximate surface area is 170 Å². The number of methoxy groups -OCH3 is 1. The maximum atomic E-state index is 12.5. The van der Waals surface area contributed by atoms with E-state index in [-0.39, 0.29) is 6.03 Å². The van der Waals surface area contributed by atoms with Crippen LogP contribution in [0.4, 0.5) is 10.5 Å². The van der Waals surface area contributed by atoms with E-state index in [4.69, 9.17) is 9.47 Å². The van der Waals surface area contributed by atoms with Gasteiger partial charge in [-0.1, -0.05) is 30.3 Å². The molecule has 0 fully saturated rings. The normalized spacial score (nSPS) is 11.4. The molecule has 0 bridgehead atoms. The molecule has 148 valence electrons. The van der Waals surface area contributed by atoms with Crippen LogP contribution in [0.2, 0.25) is 0 Å². The van der Waals surface area contributed by atoms with Crippen molar-refractivity contribution in [2.24, 2.45) is 0 Å². The highest BCUT2D eigenvalue weighted by Gasteiger charge is 2.18. The lowest BCUT2D eigenvalue weighted by molar-refractivity contribution is 0.207. The first kappa shape index (κ1) is 18.9. The zero-order valence-electron chi connectivity index (χ0n) is 16.6. The number of carbonyl (C=O) groups is 1. The van der Waals surface area contributed by atoms with E-state index in [2.05, 4.69) is 41.7 Å². The molecule has 0 saturated carbocycles. The first-order chi connectivity index (χ1) is 14.1. The van der Waals surface area contributed by atoms with Gasteiger partial charge in [0.25, 0.3) is 0 Å². The monoisotopic (exact) mass is 388 g/mol. The lowest BCUT2D eigenvalue weighted by Gasteiger charge is -2.18. The molecule has 3 aromatic rings. The number of nitrogens with zero attached hydrogens (tertiary/aromatic N) is 1. The number of urea groups is 1. The number of nitrogens with one attached hydrogen (secondary N) is 1. The summed E-state index contributed by atoms with van der Waals surface area (Å²) in [6, 6.07) is 21.8. The van der Waals surface area contributed by atoms with Crippen molar-refractivity contribution >= 4 is 11.7 Å². The average Bonchev–Trinajstić information content (AvgIpc) is 3.12. The Morgan fingerprint density at radius 3 is 2.48 bits per heavy atom. The molecule has 0 heterocycles. The lowest BCUT2D eigenvalue weighted by Crippen LogP contribution is -2.34. The van der Waals surface area contributed by atoms with Gasteiger partial charge in [0.05, 0.1) is 13.7 Å². The predicted octanol–water partition coefficient (Wildman–Crippen LogP) is 4.81. The number of hydrogen-bond donors (Lipinski definition) is 1. The van der Waals surface area contributed by atoms with Crippen LogP contribution in [0.1, 0.15) is 11.1 Å². The summed E-state index contributed by atoms with van der Waals surface area (Å²) >= 11 is 0. The van der Waals surface area contributed by atoms with Crippen molar-refractivity contribution in [1.29, 1.82) is 0 Å². The molecule has 4 rings (SSSR count). The lowest BCUT2D eigenvalue weighted by atomic mass is 10.1. The van der Waals surface area contributed by atoms with Crippen molar-refractivity contribution in [2.75, 3.05) is 32.6 Å². The molecule has 29 heavy (non-hydrogen) atoms. The van der Waals surface area contributed by atoms with Crippen LogP contribution in [-0.2, 0) is 6.42 Å². The summed E-state index contributed by atoms with van der Waals surface area (Å²) in [4.78, 5) is 14.1. The Morgan fingerprint density at radius 1 is 0.966 bits per heavy atom. The van der Waals surface area contributed by atoms with E-state index in [0.717, 1.165) is 23.6 Å². The van der Waals surface area contributed by atoms with E-state index in [1.165, 1.54) is 22.3 Å². The van der Waals surface area contributed by atoms with Gasteiger partial charge in [-0.25, -0.2) is 4.79 Å². The van der Waals surface area contributed by atoms with Gasteiger partial charge in [0.15, 0.2) is 0 Å². The molecule has 5 nitrogen and oxygen atoms in total. The Bertz CT molecular complexity index is 1010. The summed E-state index contributed by atoms with van der Waals surface area (Å²) < 4.78 is 10.8. The maximum absolute atomic E-state index is 12.5. The molecule has 5 heteroatoms. The summed E-state index contributed by atoms with van der Waals surface area (Å²) in [7, 11) is 3.39. The summed E-state index contributed by atoms with van der Waals surface area (Å²) in [6.07, 6.45) is 0.904. The number of amides is 2.